The standard InChI is InChI=1S/C25H26BrNO4/c1-14-15(2)20(11-10-19(14)26)27-21(28)13-31-25(30)23-18-9-8-17(12-18)22(23)24(29)16-6-4-3-5-7-16/h3-7,10-11,17-18,22-23H,8-9,12-13H2,1-2H3,(H,27,28)/t17-,18-,22+,23+/m0/s1. The molecule has 2 aromatic carbocycles. The summed E-state index contributed by atoms with van der Waals surface area (Å²) in [5.74, 6) is -1.23. The number of hydrogen-bond acceptors (Lipinski definition) is 4. The van der Waals surface area contributed by atoms with Gasteiger partial charge in [-0.25, -0.2) is 0 Å². The van der Waals surface area contributed by atoms with Crippen LogP contribution in [-0.4, -0.2) is 24.3 Å². The topological polar surface area (TPSA) is 72.5 Å². The molecule has 4 rings (SSSR count). The number of esters is 1. The van der Waals surface area contributed by atoms with Gasteiger partial charge in [0, 0.05) is 21.6 Å². The second kappa shape index (κ2) is 8.95. The van der Waals surface area contributed by atoms with Gasteiger partial charge in [0.15, 0.2) is 12.4 Å². The summed E-state index contributed by atoms with van der Waals surface area (Å²) in [6.45, 7) is 3.54. The smallest absolute Gasteiger partial charge is 0.310 e. The summed E-state index contributed by atoms with van der Waals surface area (Å²) in [5, 5.41) is 2.81. The number of anilines is 1. The zero-order valence-electron chi connectivity index (χ0n) is 17.7. The van der Waals surface area contributed by atoms with Gasteiger partial charge in [-0.15, -0.1) is 0 Å². The van der Waals surface area contributed by atoms with Gasteiger partial charge in [-0.05, 0) is 68.2 Å². The fourth-order valence-corrected chi connectivity index (χ4v) is 5.57. The van der Waals surface area contributed by atoms with Crippen molar-refractivity contribution in [3.05, 3.63) is 63.6 Å². The fraction of sp³-hybridized carbons (Fsp3) is 0.400. The fourth-order valence-electron chi connectivity index (χ4n) is 5.14. The van der Waals surface area contributed by atoms with E-state index in [-0.39, 0.29) is 36.1 Å². The quantitative estimate of drug-likeness (QED) is 0.458. The van der Waals surface area contributed by atoms with E-state index in [1.807, 2.05) is 44.2 Å². The first-order valence-corrected chi connectivity index (χ1v) is 11.5. The van der Waals surface area contributed by atoms with Crippen LogP contribution in [0, 0.1) is 37.5 Å². The van der Waals surface area contributed by atoms with Crippen molar-refractivity contribution < 1.29 is 19.1 Å². The maximum atomic E-state index is 13.1. The molecule has 0 aromatic heterocycles. The van der Waals surface area contributed by atoms with Crippen molar-refractivity contribution in [2.24, 2.45) is 23.7 Å². The first kappa shape index (κ1) is 21.8. The Labute approximate surface area is 190 Å². The number of ketones is 1. The highest BCUT2D eigenvalue weighted by atomic mass is 79.9. The Morgan fingerprint density at radius 1 is 0.968 bits per heavy atom. The molecule has 1 N–H and O–H groups in total. The number of fused-ring (bicyclic) bond motifs is 2. The number of nitrogens with one attached hydrogen (secondary N) is 1. The molecule has 1 amide bonds. The van der Waals surface area contributed by atoms with Gasteiger partial charge in [0.1, 0.15) is 0 Å². The minimum Gasteiger partial charge on any atom is -0.455 e. The van der Waals surface area contributed by atoms with Gasteiger partial charge >= 0.3 is 5.97 Å². The van der Waals surface area contributed by atoms with Crippen molar-refractivity contribution in [1.82, 2.24) is 0 Å². The molecular weight excluding hydrogens is 458 g/mol. The molecular formula is C25H26BrNO4. The maximum Gasteiger partial charge on any atom is 0.310 e. The molecule has 0 unspecified atom stereocenters. The van der Waals surface area contributed by atoms with Crippen molar-refractivity contribution in [3.8, 4) is 0 Å². The third-order valence-corrected chi connectivity index (χ3v) is 7.75. The van der Waals surface area contributed by atoms with Gasteiger partial charge < -0.3 is 10.1 Å². The van der Waals surface area contributed by atoms with E-state index in [1.165, 1.54) is 0 Å². The Balaban J connectivity index is 1.41. The highest BCUT2D eigenvalue weighted by Gasteiger charge is 2.54. The summed E-state index contributed by atoms with van der Waals surface area (Å²) < 4.78 is 6.38. The van der Waals surface area contributed by atoms with E-state index in [0.717, 1.165) is 34.9 Å². The predicted octanol–water partition coefficient (Wildman–Crippen LogP) is 5.09. The van der Waals surface area contributed by atoms with Gasteiger partial charge in [-0.1, -0.05) is 46.3 Å². The highest BCUT2D eigenvalue weighted by molar-refractivity contribution is 9.10. The summed E-state index contributed by atoms with van der Waals surface area (Å²) in [6.07, 6.45) is 2.79. The molecule has 0 spiro atoms. The van der Waals surface area contributed by atoms with E-state index in [1.54, 1.807) is 12.1 Å². The lowest BCUT2D eigenvalue weighted by Gasteiger charge is -2.28. The van der Waals surface area contributed by atoms with E-state index in [9.17, 15) is 14.4 Å². The summed E-state index contributed by atoms with van der Waals surface area (Å²) in [4.78, 5) is 38.5. The number of Topliss-reactive ketones (excluding diaryl/α,β-unsaturated/α-hetero) is 1. The Kier molecular flexibility index (Phi) is 6.28. The van der Waals surface area contributed by atoms with Crippen LogP contribution in [0.25, 0.3) is 0 Å². The lowest BCUT2D eigenvalue weighted by molar-refractivity contribution is -0.154. The molecule has 2 bridgehead atoms. The van der Waals surface area contributed by atoms with Crippen molar-refractivity contribution >= 4 is 39.3 Å². The lowest BCUT2D eigenvalue weighted by atomic mass is 9.75. The predicted molar refractivity (Wildman–Crippen MR) is 122 cm³/mol. The van der Waals surface area contributed by atoms with Crippen molar-refractivity contribution in [2.45, 2.75) is 33.1 Å². The third kappa shape index (κ3) is 4.31. The monoisotopic (exact) mass is 483 g/mol. The number of carbonyl (C=O) groups is 3. The number of halogens is 1. The average Bonchev–Trinajstić information content (AvgIpc) is 3.40. The molecule has 2 aromatic rings. The van der Waals surface area contributed by atoms with E-state index in [2.05, 4.69) is 21.2 Å². The van der Waals surface area contributed by atoms with Crippen molar-refractivity contribution in [2.75, 3.05) is 11.9 Å². The van der Waals surface area contributed by atoms with E-state index >= 15 is 0 Å². The molecule has 31 heavy (non-hydrogen) atoms. The van der Waals surface area contributed by atoms with Crippen LogP contribution < -0.4 is 5.32 Å². The SMILES string of the molecule is Cc1c(Br)ccc(NC(=O)COC(=O)[C@@H]2[C@H]3CC[C@@H](C3)[C@H]2C(=O)c2ccccc2)c1C. The van der Waals surface area contributed by atoms with Gasteiger partial charge in [0.25, 0.3) is 5.91 Å². The normalized spacial score (nSPS) is 24.1. The van der Waals surface area contributed by atoms with Gasteiger partial charge in [-0.3, -0.25) is 14.4 Å². The van der Waals surface area contributed by atoms with Gasteiger partial charge in [0.2, 0.25) is 0 Å². The largest absolute Gasteiger partial charge is 0.455 e. The molecule has 6 heteroatoms. The van der Waals surface area contributed by atoms with E-state index in [0.29, 0.717) is 11.3 Å². The summed E-state index contributed by atoms with van der Waals surface area (Å²) in [5.41, 5.74) is 3.32. The first-order chi connectivity index (χ1) is 14.9. The van der Waals surface area contributed by atoms with Crippen molar-refractivity contribution in [1.29, 1.82) is 0 Å². The second-order valence-electron chi connectivity index (χ2n) is 8.62. The zero-order chi connectivity index (χ0) is 22.1. The molecule has 0 saturated heterocycles. The molecule has 5 nitrogen and oxygen atoms in total. The molecule has 0 heterocycles. The Bertz CT molecular complexity index is 1020. The van der Waals surface area contributed by atoms with Crippen LogP contribution >= 0.6 is 15.9 Å². The summed E-state index contributed by atoms with van der Waals surface area (Å²) in [6, 6.07) is 12.8. The van der Waals surface area contributed by atoms with Gasteiger partial charge in [-0.2, -0.15) is 0 Å². The molecule has 0 radical (unpaired) electrons. The van der Waals surface area contributed by atoms with Crippen LogP contribution in [0.3, 0.4) is 0 Å². The summed E-state index contributed by atoms with van der Waals surface area (Å²) in [7, 11) is 0. The van der Waals surface area contributed by atoms with Crippen LogP contribution in [0.1, 0.15) is 40.7 Å². The first-order valence-electron chi connectivity index (χ1n) is 10.7. The van der Waals surface area contributed by atoms with Gasteiger partial charge in [0.05, 0.1) is 5.92 Å². The number of carbonyl (C=O) groups excluding carboxylic acids is 3. The van der Waals surface area contributed by atoms with Crippen molar-refractivity contribution in [3.63, 3.8) is 0 Å². The molecule has 2 saturated carbocycles. The number of ether oxygens (including phenoxy) is 1. The van der Waals surface area contributed by atoms with E-state index in [4.69, 9.17) is 4.74 Å². The van der Waals surface area contributed by atoms with E-state index < -0.39 is 11.9 Å². The molecule has 2 aliphatic rings. The number of benzene rings is 2. The zero-order valence-corrected chi connectivity index (χ0v) is 19.3. The molecule has 2 fully saturated rings. The number of rotatable bonds is 6. The Morgan fingerprint density at radius 3 is 2.35 bits per heavy atom. The number of amides is 1. The molecule has 0 aliphatic heterocycles. The van der Waals surface area contributed by atoms with Crippen LogP contribution in [0.2, 0.25) is 0 Å². The van der Waals surface area contributed by atoms with Crippen LogP contribution in [0.15, 0.2) is 46.9 Å². The second-order valence-corrected chi connectivity index (χ2v) is 9.47. The van der Waals surface area contributed by atoms with Crippen LogP contribution in [-0.2, 0) is 14.3 Å². The van der Waals surface area contributed by atoms with Crippen LogP contribution in [0.5, 0.6) is 0 Å². The summed E-state index contributed by atoms with van der Waals surface area (Å²) >= 11 is 3.47. The van der Waals surface area contributed by atoms with Crippen LogP contribution in [0.4, 0.5) is 5.69 Å². The highest BCUT2D eigenvalue weighted by Crippen LogP contribution is 2.53. The Morgan fingerprint density at radius 2 is 1.65 bits per heavy atom. The molecule has 162 valence electrons. The number of hydrogen-bond donors (Lipinski definition) is 1. The minimum atomic E-state index is -0.462. The molecule has 4 atom stereocenters. The lowest BCUT2D eigenvalue weighted by Crippen LogP contribution is -2.37. The minimum absolute atomic E-state index is 0.0140. The maximum absolute atomic E-state index is 13.1. The molecule has 2 aliphatic carbocycles. The third-order valence-electron chi connectivity index (χ3n) is 6.89. The Hall–Kier alpha value is -2.47. The average molecular weight is 484 g/mol.